The van der Waals surface area contributed by atoms with E-state index in [1.807, 2.05) is 0 Å². The van der Waals surface area contributed by atoms with Crippen molar-refractivity contribution < 1.29 is 14.0 Å². The van der Waals surface area contributed by atoms with Gasteiger partial charge in [0.2, 0.25) is 5.91 Å². The monoisotopic (exact) mass is 301 g/mol. The smallest absolute Gasteiger partial charge is 0.227 e. The Morgan fingerprint density at radius 1 is 1.58 bits per heavy atom. The van der Waals surface area contributed by atoms with E-state index >= 15 is 0 Å². The molecule has 1 saturated heterocycles. The number of benzene rings is 1. The van der Waals surface area contributed by atoms with Crippen molar-refractivity contribution in [3.05, 3.63) is 29.0 Å². The minimum atomic E-state index is -0.534. The van der Waals surface area contributed by atoms with Crippen LogP contribution in [0, 0.1) is 11.7 Å². The molecule has 1 aliphatic heterocycles. The number of nitrogens with zero attached hydrogens (tertiary/aromatic N) is 1. The van der Waals surface area contributed by atoms with Crippen LogP contribution in [0.4, 0.5) is 10.1 Å². The highest BCUT2D eigenvalue weighted by Gasteiger charge is 2.32. The van der Waals surface area contributed by atoms with Crippen molar-refractivity contribution in [3.8, 4) is 0 Å². The van der Waals surface area contributed by atoms with E-state index in [-0.39, 0.29) is 22.0 Å². The van der Waals surface area contributed by atoms with Gasteiger partial charge in [0, 0.05) is 25.6 Å². The molecule has 1 aromatic rings. The highest BCUT2D eigenvalue weighted by molar-refractivity contribution is 8.13. The van der Waals surface area contributed by atoms with Gasteiger partial charge in [-0.05, 0) is 18.1 Å². The molecule has 102 valence electrons. The first-order valence-corrected chi connectivity index (χ1v) is 7.23. The van der Waals surface area contributed by atoms with Gasteiger partial charge in [-0.1, -0.05) is 29.4 Å². The molecule has 1 aliphatic rings. The van der Waals surface area contributed by atoms with E-state index in [9.17, 15) is 14.0 Å². The quantitative estimate of drug-likeness (QED) is 0.861. The molecule has 0 spiro atoms. The molecule has 3 nitrogen and oxygen atoms in total. The third kappa shape index (κ3) is 3.28. The Kier molecular flexibility index (Phi) is 4.47. The number of halogens is 2. The van der Waals surface area contributed by atoms with Gasteiger partial charge in [0.05, 0.1) is 5.69 Å². The zero-order valence-electron chi connectivity index (χ0n) is 10.4. The van der Waals surface area contributed by atoms with Crippen LogP contribution in [-0.4, -0.2) is 23.3 Å². The number of rotatable bonds is 3. The molecule has 1 amide bonds. The summed E-state index contributed by atoms with van der Waals surface area (Å²) < 4.78 is 13.4. The summed E-state index contributed by atoms with van der Waals surface area (Å²) in [6.07, 6.45) is 0.368. The van der Waals surface area contributed by atoms with Gasteiger partial charge in [0.25, 0.3) is 0 Å². The Morgan fingerprint density at radius 3 is 3.00 bits per heavy atom. The highest BCUT2D eigenvalue weighted by Crippen LogP contribution is 2.33. The van der Waals surface area contributed by atoms with E-state index in [1.165, 1.54) is 35.7 Å². The minimum absolute atomic E-state index is 0.0317. The predicted molar refractivity (Wildman–Crippen MR) is 75.0 cm³/mol. The number of carbonyl (C=O) groups is 2. The highest BCUT2D eigenvalue weighted by atomic mass is 35.5. The number of hydrogen-bond donors (Lipinski definition) is 0. The second-order valence-corrected chi connectivity index (χ2v) is 6.02. The van der Waals surface area contributed by atoms with Crippen molar-refractivity contribution in [3.63, 3.8) is 0 Å². The zero-order chi connectivity index (χ0) is 14.0. The molecule has 1 heterocycles. The molecular formula is C13H13ClFNO2S. The molecule has 1 unspecified atom stereocenters. The zero-order valence-corrected chi connectivity index (χ0v) is 11.9. The summed E-state index contributed by atoms with van der Waals surface area (Å²) >= 11 is 7.10. The topological polar surface area (TPSA) is 37.4 Å². The number of carbonyl (C=O) groups excluding carboxylic acids is 2. The maximum Gasteiger partial charge on any atom is 0.227 e. The predicted octanol–water partition coefficient (Wildman–Crippen LogP) is 3.11. The molecule has 0 bridgehead atoms. The van der Waals surface area contributed by atoms with Crippen LogP contribution < -0.4 is 4.90 Å². The number of anilines is 1. The molecule has 19 heavy (non-hydrogen) atoms. The molecule has 1 atom stereocenters. The van der Waals surface area contributed by atoms with Crippen molar-refractivity contribution in [2.24, 2.45) is 5.92 Å². The number of thioether (sulfide) groups is 1. The van der Waals surface area contributed by atoms with E-state index in [0.717, 1.165) is 0 Å². The SMILES string of the molecule is CC(=O)SCC1CC(=O)N(c2cccc(F)c2Cl)C1. The molecule has 1 fully saturated rings. The Balaban J connectivity index is 2.11. The van der Waals surface area contributed by atoms with Crippen molar-refractivity contribution in [1.82, 2.24) is 0 Å². The summed E-state index contributed by atoms with van der Waals surface area (Å²) in [7, 11) is 0. The molecule has 0 saturated carbocycles. The van der Waals surface area contributed by atoms with E-state index in [1.54, 1.807) is 6.07 Å². The Hall–Kier alpha value is -1.07. The fraction of sp³-hybridized carbons (Fsp3) is 0.385. The Bertz CT molecular complexity index is 523. The van der Waals surface area contributed by atoms with Crippen LogP contribution in [0.25, 0.3) is 0 Å². The van der Waals surface area contributed by atoms with E-state index in [0.29, 0.717) is 24.4 Å². The average Bonchev–Trinajstić information content (AvgIpc) is 2.71. The summed E-state index contributed by atoms with van der Waals surface area (Å²) in [4.78, 5) is 24.4. The van der Waals surface area contributed by atoms with Crippen LogP contribution in [0.3, 0.4) is 0 Å². The van der Waals surface area contributed by atoms with Crippen molar-refractivity contribution >= 4 is 40.1 Å². The van der Waals surface area contributed by atoms with Gasteiger partial charge in [0.1, 0.15) is 10.8 Å². The van der Waals surface area contributed by atoms with E-state index < -0.39 is 5.82 Å². The average molecular weight is 302 g/mol. The fourth-order valence-corrected chi connectivity index (χ4v) is 2.98. The molecule has 0 N–H and O–H groups in total. The van der Waals surface area contributed by atoms with Crippen molar-refractivity contribution in [2.75, 3.05) is 17.2 Å². The normalized spacial score (nSPS) is 19.0. The van der Waals surface area contributed by atoms with Gasteiger partial charge in [-0.3, -0.25) is 9.59 Å². The maximum absolute atomic E-state index is 13.4. The summed E-state index contributed by atoms with van der Waals surface area (Å²) in [5, 5.41) is 0.00501. The first kappa shape index (κ1) is 14.3. The second-order valence-electron chi connectivity index (χ2n) is 4.45. The lowest BCUT2D eigenvalue weighted by Crippen LogP contribution is -2.25. The van der Waals surface area contributed by atoms with Gasteiger partial charge in [-0.25, -0.2) is 4.39 Å². The first-order valence-electron chi connectivity index (χ1n) is 5.86. The lowest BCUT2D eigenvalue weighted by Gasteiger charge is -2.18. The largest absolute Gasteiger partial charge is 0.310 e. The lowest BCUT2D eigenvalue weighted by molar-refractivity contribution is -0.117. The second kappa shape index (κ2) is 5.92. The Labute approximate surface area is 120 Å². The summed E-state index contributed by atoms with van der Waals surface area (Å²) in [5.74, 6) is 0.0840. The van der Waals surface area contributed by atoms with Gasteiger partial charge < -0.3 is 4.90 Å². The fourth-order valence-electron chi connectivity index (χ4n) is 2.06. The van der Waals surface area contributed by atoms with Crippen LogP contribution in [-0.2, 0) is 9.59 Å². The van der Waals surface area contributed by atoms with Crippen molar-refractivity contribution in [2.45, 2.75) is 13.3 Å². The molecule has 1 aromatic carbocycles. The number of hydrogen-bond acceptors (Lipinski definition) is 3. The molecule has 2 rings (SSSR count). The summed E-state index contributed by atoms with van der Waals surface area (Å²) in [5.41, 5.74) is 0.405. The summed E-state index contributed by atoms with van der Waals surface area (Å²) in [6.45, 7) is 1.98. The number of amides is 1. The third-order valence-electron chi connectivity index (χ3n) is 2.95. The van der Waals surface area contributed by atoms with Crippen LogP contribution in [0.1, 0.15) is 13.3 Å². The Morgan fingerprint density at radius 2 is 2.32 bits per heavy atom. The van der Waals surface area contributed by atoms with Gasteiger partial charge in [-0.2, -0.15) is 0 Å². The molecule has 0 aromatic heterocycles. The molecule has 0 radical (unpaired) electrons. The molecular weight excluding hydrogens is 289 g/mol. The maximum atomic E-state index is 13.4. The summed E-state index contributed by atoms with van der Waals surface area (Å²) in [6, 6.07) is 4.42. The standard InChI is InChI=1S/C13H13ClFNO2S/c1-8(17)19-7-9-5-12(18)16(6-9)11-4-2-3-10(15)13(11)14/h2-4,9H,5-7H2,1H3. The first-order chi connectivity index (χ1) is 8.99. The molecule has 0 aliphatic carbocycles. The van der Waals surface area contributed by atoms with Gasteiger partial charge in [0.15, 0.2) is 5.12 Å². The third-order valence-corrected chi connectivity index (χ3v) is 4.37. The van der Waals surface area contributed by atoms with Gasteiger partial charge in [-0.15, -0.1) is 0 Å². The van der Waals surface area contributed by atoms with E-state index in [2.05, 4.69) is 0 Å². The van der Waals surface area contributed by atoms with Crippen LogP contribution in [0.2, 0.25) is 5.02 Å². The molecule has 6 heteroatoms. The van der Waals surface area contributed by atoms with Crippen molar-refractivity contribution in [1.29, 1.82) is 0 Å². The van der Waals surface area contributed by atoms with E-state index in [4.69, 9.17) is 11.6 Å². The van der Waals surface area contributed by atoms with Crippen LogP contribution >= 0.6 is 23.4 Å². The minimum Gasteiger partial charge on any atom is -0.310 e. The van der Waals surface area contributed by atoms with Gasteiger partial charge >= 0.3 is 0 Å². The van der Waals surface area contributed by atoms with Crippen LogP contribution in [0.5, 0.6) is 0 Å². The van der Waals surface area contributed by atoms with Crippen LogP contribution in [0.15, 0.2) is 18.2 Å². The lowest BCUT2D eigenvalue weighted by atomic mass is 10.1.